The first-order valence-electron chi connectivity index (χ1n) is 11.1. The summed E-state index contributed by atoms with van der Waals surface area (Å²) in [6.45, 7) is 7.35. The molecule has 1 atom stereocenters. The zero-order valence-corrected chi connectivity index (χ0v) is 19.6. The van der Waals surface area contributed by atoms with Crippen LogP contribution in [0.4, 0.5) is 10.5 Å². The van der Waals surface area contributed by atoms with Gasteiger partial charge in [0.2, 0.25) is 11.8 Å². The highest BCUT2D eigenvalue weighted by Gasteiger charge is 2.50. The quantitative estimate of drug-likeness (QED) is 0.755. The molecular formula is C23H33N5O4. The third kappa shape index (κ3) is 4.26. The number of benzene rings is 1. The molecule has 0 bridgehead atoms. The Labute approximate surface area is 189 Å². The van der Waals surface area contributed by atoms with Gasteiger partial charge in [-0.05, 0) is 37.4 Å². The molecule has 2 fully saturated rings. The molecule has 2 saturated heterocycles. The highest BCUT2D eigenvalue weighted by Crippen LogP contribution is 2.49. The molecule has 174 valence electrons. The van der Waals surface area contributed by atoms with Crippen LogP contribution in [0.25, 0.3) is 0 Å². The van der Waals surface area contributed by atoms with Gasteiger partial charge in [-0.1, -0.05) is 13.8 Å². The molecule has 1 N–H and O–H groups in total. The van der Waals surface area contributed by atoms with E-state index in [1.165, 1.54) is 0 Å². The number of piperidine rings is 1. The first kappa shape index (κ1) is 22.4. The Morgan fingerprint density at radius 1 is 1.22 bits per heavy atom. The fraction of sp³-hybridized carbons (Fsp3) is 0.609. The Bertz CT molecular complexity index is 952. The number of methoxy groups -OCH3 is 2. The van der Waals surface area contributed by atoms with E-state index in [9.17, 15) is 4.79 Å². The van der Waals surface area contributed by atoms with Crippen molar-refractivity contribution in [1.29, 1.82) is 0 Å². The summed E-state index contributed by atoms with van der Waals surface area (Å²) in [6, 6.07) is 5.24. The second-order valence-electron chi connectivity index (χ2n) is 9.23. The van der Waals surface area contributed by atoms with Crippen LogP contribution in [0.15, 0.2) is 22.6 Å². The fourth-order valence-electron chi connectivity index (χ4n) is 4.94. The number of rotatable bonds is 5. The van der Waals surface area contributed by atoms with Gasteiger partial charge in [-0.3, -0.25) is 0 Å². The molecule has 1 spiro atoms. The van der Waals surface area contributed by atoms with E-state index in [2.05, 4.69) is 41.3 Å². The summed E-state index contributed by atoms with van der Waals surface area (Å²) < 4.78 is 16.7. The summed E-state index contributed by atoms with van der Waals surface area (Å²) in [5.74, 6) is 3.08. The van der Waals surface area contributed by atoms with Crippen LogP contribution in [0.3, 0.4) is 0 Å². The summed E-state index contributed by atoms with van der Waals surface area (Å²) in [4.78, 5) is 17.2. The second-order valence-corrected chi connectivity index (χ2v) is 9.23. The zero-order chi connectivity index (χ0) is 22.9. The van der Waals surface area contributed by atoms with Crippen LogP contribution in [0.2, 0.25) is 0 Å². The Balaban J connectivity index is 1.44. The number of likely N-dealkylation sites (N-methyl/N-ethyl adjacent to an activating group) is 1. The van der Waals surface area contributed by atoms with Gasteiger partial charge in [-0.2, -0.15) is 0 Å². The van der Waals surface area contributed by atoms with Gasteiger partial charge >= 0.3 is 6.03 Å². The molecule has 9 nitrogen and oxygen atoms in total. The molecule has 2 aliphatic rings. The summed E-state index contributed by atoms with van der Waals surface area (Å²) in [5.41, 5.74) is 0.675. The monoisotopic (exact) mass is 443 g/mol. The summed E-state index contributed by atoms with van der Waals surface area (Å²) in [6.07, 6.45) is 1.79. The van der Waals surface area contributed by atoms with E-state index in [1.807, 2.05) is 4.90 Å². The van der Waals surface area contributed by atoms with E-state index in [4.69, 9.17) is 13.9 Å². The lowest BCUT2D eigenvalue weighted by Crippen LogP contribution is -2.47. The molecule has 32 heavy (non-hydrogen) atoms. The van der Waals surface area contributed by atoms with Crippen LogP contribution >= 0.6 is 0 Å². The largest absolute Gasteiger partial charge is 0.497 e. The lowest BCUT2D eigenvalue weighted by Gasteiger charge is -2.41. The van der Waals surface area contributed by atoms with Gasteiger partial charge in [0.05, 0.1) is 25.8 Å². The van der Waals surface area contributed by atoms with Gasteiger partial charge in [0, 0.05) is 38.2 Å². The van der Waals surface area contributed by atoms with Crippen molar-refractivity contribution in [3.8, 4) is 11.5 Å². The summed E-state index contributed by atoms with van der Waals surface area (Å²) in [5, 5.41) is 11.6. The fourth-order valence-corrected chi connectivity index (χ4v) is 4.94. The molecule has 4 rings (SSSR count). The number of nitrogens with zero attached hydrogens (tertiary/aromatic N) is 4. The van der Waals surface area contributed by atoms with Crippen molar-refractivity contribution in [2.75, 3.05) is 52.8 Å². The van der Waals surface area contributed by atoms with Crippen molar-refractivity contribution < 1.29 is 18.7 Å². The summed E-state index contributed by atoms with van der Waals surface area (Å²) >= 11 is 0. The van der Waals surface area contributed by atoms with Crippen LogP contribution in [0.5, 0.6) is 11.5 Å². The Morgan fingerprint density at radius 3 is 2.59 bits per heavy atom. The predicted molar refractivity (Wildman–Crippen MR) is 120 cm³/mol. The maximum atomic E-state index is 13.0. The van der Waals surface area contributed by atoms with Gasteiger partial charge < -0.3 is 29.0 Å². The van der Waals surface area contributed by atoms with Crippen molar-refractivity contribution >= 4 is 11.7 Å². The molecule has 9 heteroatoms. The number of aromatic nitrogens is 2. The maximum absolute atomic E-state index is 13.0. The minimum absolute atomic E-state index is 0.0457. The Kier molecular flexibility index (Phi) is 6.28. The molecule has 2 aromatic rings. The lowest BCUT2D eigenvalue weighted by molar-refractivity contribution is 0.110. The number of hydrogen-bond acceptors (Lipinski definition) is 7. The smallest absolute Gasteiger partial charge is 0.321 e. The normalized spacial score (nSPS) is 20.7. The number of ether oxygens (including phenoxy) is 2. The van der Waals surface area contributed by atoms with Crippen molar-refractivity contribution in [2.24, 2.45) is 5.41 Å². The number of urea groups is 1. The SMILES string of the molecule is COc1ccc(NC(=O)N2CCC3(CC2)CN(C)CC3c2nnc(C(C)C)o2)c(OC)c1. The van der Waals surface area contributed by atoms with Gasteiger partial charge in [0.25, 0.3) is 0 Å². The van der Waals surface area contributed by atoms with E-state index in [1.54, 1.807) is 32.4 Å². The highest BCUT2D eigenvalue weighted by molar-refractivity contribution is 5.91. The standard InChI is InChI=1S/C23H33N5O4/c1-15(2)20-25-26-21(32-20)17-13-27(3)14-23(17)8-10-28(11-9-23)22(29)24-18-7-6-16(30-4)12-19(18)31-5/h6-7,12,15,17H,8-11,13-14H2,1-5H3,(H,24,29). The van der Waals surface area contributed by atoms with E-state index in [0.29, 0.717) is 36.2 Å². The van der Waals surface area contributed by atoms with Gasteiger partial charge in [0.15, 0.2) is 0 Å². The number of carbonyl (C=O) groups is 1. The molecule has 2 aliphatic heterocycles. The Morgan fingerprint density at radius 2 is 1.97 bits per heavy atom. The van der Waals surface area contributed by atoms with E-state index >= 15 is 0 Å². The van der Waals surface area contributed by atoms with Crippen LogP contribution in [0.1, 0.15) is 50.3 Å². The van der Waals surface area contributed by atoms with Gasteiger partial charge in [0.1, 0.15) is 11.5 Å². The van der Waals surface area contributed by atoms with Crippen molar-refractivity contribution in [2.45, 2.75) is 38.5 Å². The number of carbonyl (C=O) groups excluding carboxylic acids is 1. The third-order valence-corrected chi connectivity index (χ3v) is 6.76. The lowest BCUT2D eigenvalue weighted by atomic mass is 9.71. The Hall–Kier alpha value is -2.81. The molecule has 0 radical (unpaired) electrons. The molecule has 1 aromatic heterocycles. The molecular weight excluding hydrogens is 410 g/mol. The molecule has 1 unspecified atom stereocenters. The molecule has 1 aromatic carbocycles. The first-order valence-corrected chi connectivity index (χ1v) is 11.1. The van der Waals surface area contributed by atoms with Gasteiger partial charge in [-0.15, -0.1) is 10.2 Å². The third-order valence-electron chi connectivity index (χ3n) is 6.76. The van der Waals surface area contributed by atoms with E-state index < -0.39 is 0 Å². The van der Waals surface area contributed by atoms with Gasteiger partial charge in [-0.25, -0.2) is 4.79 Å². The van der Waals surface area contributed by atoms with Crippen molar-refractivity contribution in [3.63, 3.8) is 0 Å². The highest BCUT2D eigenvalue weighted by atomic mass is 16.5. The average molecular weight is 444 g/mol. The number of anilines is 1. The number of hydrogen-bond donors (Lipinski definition) is 1. The van der Waals surface area contributed by atoms with Crippen LogP contribution in [0, 0.1) is 5.41 Å². The molecule has 2 amide bonds. The minimum Gasteiger partial charge on any atom is -0.497 e. The number of nitrogens with one attached hydrogen (secondary N) is 1. The van der Waals surface area contributed by atoms with Crippen LogP contribution in [-0.4, -0.2) is 73.5 Å². The zero-order valence-electron chi connectivity index (χ0n) is 19.6. The van der Waals surface area contributed by atoms with E-state index in [0.717, 1.165) is 31.8 Å². The van der Waals surface area contributed by atoms with Crippen molar-refractivity contribution in [3.05, 3.63) is 30.0 Å². The van der Waals surface area contributed by atoms with Crippen LogP contribution < -0.4 is 14.8 Å². The number of likely N-dealkylation sites (tertiary alicyclic amines) is 2. The molecule has 0 aliphatic carbocycles. The number of amides is 2. The first-order chi connectivity index (χ1) is 15.3. The average Bonchev–Trinajstić information content (AvgIpc) is 3.39. The molecule has 0 saturated carbocycles. The minimum atomic E-state index is -0.119. The molecule has 3 heterocycles. The summed E-state index contributed by atoms with van der Waals surface area (Å²) in [7, 11) is 5.31. The topological polar surface area (TPSA) is 93.0 Å². The second kappa shape index (κ2) is 8.97. The van der Waals surface area contributed by atoms with Crippen molar-refractivity contribution in [1.82, 2.24) is 20.0 Å². The van der Waals surface area contributed by atoms with Crippen LogP contribution in [-0.2, 0) is 0 Å². The predicted octanol–water partition coefficient (Wildman–Crippen LogP) is 3.55. The maximum Gasteiger partial charge on any atom is 0.321 e. The van der Waals surface area contributed by atoms with E-state index in [-0.39, 0.29) is 23.3 Å².